The highest BCUT2D eigenvalue weighted by atomic mass is 16.2. The van der Waals surface area contributed by atoms with Crippen LogP contribution < -0.4 is 0 Å². The van der Waals surface area contributed by atoms with Crippen molar-refractivity contribution in [1.82, 2.24) is 14.5 Å². The zero-order chi connectivity index (χ0) is 14.3. The molecule has 1 aliphatic heterocycles. The lowest BCUT2D eigenvalue weighted by atomic mass is 10.1. The molecule has 0 saturated carbocycles. The molecular weight excluding hydrogens is 250 g/mol. The first kappa shape index (κ1) is 13.2. The second-order valence-electron chi connectivity index (χ2n) is 6.14. The van der Waals surface area contributed by atoms with Gasteiger partial charge in [-0.3, -0.25) is 4.79 Å². The molecular formula is C16H21N3O. The summed E-state index contributed by atoms with van der Waals surface area (Å²) in [6.45, 7) is 6.15. The van der Waals surface area contributed by atoms with Crippen LogP contribution in [0.5, 0.6) is 0 Å². The van der Waals surface area contributed by atoms with Crippen molar-refractivity contribution in [2.24, 2.45) is 5.92 Å². The average molecular weight is 271 g/mol. The fraction of sp³-hybridized carbons (Fsp3) is 0.500. The number of rotatable bonds is 3. The Bertz CT molecular complexity index is 644. The maximum absolute atomic E-state index is 11.8. The first-order chi connectivity index (χ1) is 9.56. The Balaban J connectivity index is 2.07. The van der Waals surface area contributed by atoms with Crippen LogP contribution in [-0.2, 0) is 11.3 Å². The molecule has 0 N–H and O–H groups in total. The predicted octanol–water partition coefficient (Wildman–Crippen LogP) is 2.64. The maximum Gasteiger partial charge on any atom is 0.223 e. The van der Waals surface area contributed by atoms with E-state index in [2.05, 4.69) is 36.6 Å². The molecule has 0 unspecified atom stereocenters. The van der Waals surface area contributed by atoms with E-state index in [0.717, 1.165) is 24.4 Å². The summed E-state index contributed by atoms with van der Waals surface area (Å²) in [5.74, 6) is 2.07. The van der Waals surface area contributed by atoms with Gasteiger partial charge in [-0.25, -0.2) is 4.98 Å². The van der Waals surface area contributed by atoms with Gasteiger partial charge in [0, 0.05) is 32.5 Å². The Morgan fingerprint density at radius 2 is 2.10 bits per heavy atom. The van der Waals surface area contributed by atoms with Crippen molar-refractivity contribution in [1.29, 1.82) is 0 Å². The Morgan fingerprint density at radius 1 is 1.35 bits per heavy atom. The maximum atomic E-state index is 11.8. The lowest BCUT2D eigenvalue weighted by molar-refractivity contribution is -0.126. The van der Waals surface area contributed by atoms with E-state index in [0.29, 0.717) is 12.3 Å². The molecule has 1 atom stereocenters. The predicted molar refractivity (Wildman–Crippen MR) is 79.6 cm³/mol. The molecule has 3 rings (SSSR count). The molecule has 0 aliphatic carbocycles. The lowest BCUT2D eigenvalue weighted by Gasteiger charge is -2.15. The van der Waals surface area contributed by atoms with E-state index in [1.807, 2.05) is 18.0 Å². The van der Waals surface area contributed by atoms with Gasteiger partial charge in [-0.1, -0.05) is 26.0 Å². The monoisotopic (exact) mass is 271 g/mol. The highest BCUT2D eigenvalue weighted by Gasteiger charge is 2.31. The third-order valence-electron chi connectivity index (χ3n) is 3.94. The van der Waals surface area contributed by atoms with Gasteiger partial charge in [0.2, 0.25) is 5.91 Å². The van der Waals surface area contributed by atoms with Crippen molar-refractivity contribution in [3.8, 4) is 0 Å². The van der Waals surface area contributed by atoms with Gasteiger partial charge in [0.25, 0.3) is 0 Å². The van der Waals surface area contributed by atoms with E-state index in [1.54, 1.807) is 0 Å². The van der Waals surface area contributed by atoms with Crippen LogP contribution in [0.4, 0.5) is 0 Å². The summed E-state index contributed by atoms with van der Waals surface area (Å²) >= 11 is 0. The van der Waals surface area contributed by atoms with Gasteiger partial charge in [0.05, 0.1) is 11.0 Å². The van der Waals surface area contributed by atoms with Gasteiger partial charge in [0.1, 0.15) is 5.82 Å². The van der Waals surface area contributed by atoms with Crippen molar-refractivity contribution in [3.63, 3.8) is 0 Å². The van der Waals surface area contributed by atoms with Crippen LogP contribution in [0.15, 0.2) is 24.3 Å². The molecule has 4 nitrogen and oxygen atoms in total. The SMILES string of the molecule is CC(C)Cn1c([C@H]2CC(=O)N(C)C2)nc2ccccc21. The van der Waals surface area contributed by atoms with Crippen molar-refractivity contribution < 1.29 is 4.79 Å². The molecule has 1 aliphatic rings. The topological polar surface area (TPSA) is 38.1 Å². The van der Waals surface area contributed by atoms with Crippen molar-refractivity contribution >= 4 is 16.9 Å². The summed E-state index contributed by atoms with van der Waals surface area (Å²) in [5, 5.41) is 0. The first-order valence-corrected chi connectivity index (χ1v) is 7.25. The van der Waals surface area contributed by atoms with Gasteiger partial charge in [-0.15, -0.1) is 0 Å². The number of carbonyl (C=O) groups is 1. The summed E-state index contributed by atoms with van der Waals surface area (Å²) in [5.41, 5.74) is 2.21. The summed E-state index contributed by atoms with van der Waals surface area (Å²) in [6.07, 6.45) is 0.581. The minimum absolute atomic E-state index is 0.221. The second-order valence-corrected chi connectivity index (χ2v) is 6.14. The number of nitrogens with zero attached hydrogens (tertiary/aromatic N) is 3. The second kappa shape index (κ2) is 4.93. The minimum atomic E-state index is 0.221. The molecule has 1 amide bonds. The number of hydrogen-bond donors (Lipinski definition) is 0. The average Bonchev–Trinajstić information content (AvgIpc) is 2.91. The normalized spacial score (nSPS) is 19.5. The Kier molecular flexibility index (Phi) is 3.24. The van der Waals surface area contributed by atoms with Crippen LogP contribution in [0.2, 0.25) is 0 Å². The number of para-hydroxylation sites is 2. The lowest BCUT2D eigenvalue weighted by Crippen LogP contribution is -2.19. The Labute approximate surface area is 119 Å². The quantitative estimate of drug-likeness (QED) is 0.860. The molecule has 0 bridgehead atoms. The van der Waals surface area contributed by atoms with Crippen LogP contribution in [0, 0.1) is 5.92 Å². The first-order valence-electron chi connectivity index (χ1n) is 7.25. The molecule has 2 heterocycles. The van der Waals surface area contributed by atoms with Crippen LogP contribution in [0.3, 0.4) is 0 Å². The van der Waals surface area contributed by atoms with Crippen LogP contribution in [-0.4, -0.2) is 34.0 Å². The molecule has 2 aromatic rings. The molecule has 1 saturated heterocycles. The number of amides is 1. The minimum Gasteiger partial charge on any atom is -0.345 e. The summed E-state index contributed by atoms with van der Waals surface area (Å²) in [7, 11) is 1.87. The standard InChI is InChI=1S/C16H21N3O/c1-11(2)9-19-14-7-5-4-6-13(14)17-16(19)12-8-15(20)18(3)10-12/h4-7,11-12H,8-10H2,1-3H3/t12-/m0/s1. The van der Waals surface area contributed by atoms with E-state index in [1.165, 1.54) is 5.52 Å². The fourth-order valence-electron chi connectivity index (χ4n) is 3.00. The number of aromatic nitrogens is 2. The van der Waals surface area contributed by atoms with Crippen LogP contribution >= 0.6 is 0 Å². The fourth-order valence-corrected chi connectivity index (χ4v) is 3.00. The van der Waals surface area contributed by atoms with Crippen molar-refractivity contribution in [3.05, 3.63) is 30.1 Å². The highest BCUT2D eigenvalue weighted by Crippen LogP contribution is 2.30. The third kappa shape index (κ3) is 2.19. The molecule has 1 aromatic heterocycles. The summed E-state index contributed by atoms with van der Waals surface area (Å²) in [4.78, 5) is 18.4. The van der Waals surface area contributed by atoms with Gasteiger partial charge >= 0.3 is 0 Å². The highest BCUT2D eigenvalue weighted by molar-refractivity contribution is 5.80. The third-order valence-corrected chi connectivity index (χ3v) is 3.94. The number of fused-ring (bicyclic) bond motifs is 1. The van der Waals surface area contributed by atoms with E-state index in [4.69, 9.17) is 4.98 Å². The van der Waals surface area contributed by atoms with Gasteiger partial charge in [0.15, 0.2) is 0 Å². The smallest absolute Gasteiger partial charge is 0.223 e. The number of carbonyl (C=O) groups excluding carboxylic acids is 1. The number of likely N-dealkylation sites (N-methyl/N-ethyl adjacent to an activating group) is 1. The van der Waals surface area contributed by atoms with Crippen LogP contribution in [0.1, 0.15) is 32.0 Å². The molecule has 1 aromatic carbocycles. The van der Waals surface area contributed by atoms with Crippen molar-refractivity contribution in [2.45, 2.75) is 32.7 Å². The molecule has 20 heavy (non-hydrogen) atoms. The molecule has 4 heteroatoms. The van der Waals surface area contributed by atoms with Gasteiger partial charge < -0.3 is 9.47 Å². The molecule has 0 spiro atoms. The van der Waals surface area contributed by atoms with E-state index < -0.39 is 0 Å². The Morgan fingerprint density at radius 3 is 2.75 bits per heavy atom. The van der Waals surface area contributed by atoms with E-state index >= 15 is 0 Å². The van der Waals surface area contributed by atoms with Crippen molar-refractivity contribution in [2.75, 3.05) is 13.6 Å². The van der Waals surface area contributed by atoms with E-state index in [9.17, 15) is 4.79 Å². The number of imidazole rings is 1. The zero-order valence-electron chi connectivity index (χ0n) is 12.3. The number of hydrogen-bond acceptors (Lipinski definition) is 2. The number of likely N-dealkylation sites (tertiary alicyclic amines) is 1. The van der Waals surface area contributed by atoms with Crippen LogP contribution in [0.25, 0.3) is 11.0 Å². The summed E-state index contributed by atoms with van der Waals surface area (Å²) in [6, 6.07) is 8.24. The Hall–Kier alpha value is -1.84. The van der Waals surface area contributed by atoms with Gasteiger partial charge in [-0.2, -0.15) is 0 Å². The molecule has 1 fully saturated rings. The van der Waals surface area contributed by atoms with E-state index in [-0.39, 0.29) is 11.8 Å². The largest absolute Gasteiger partial charge is 0.345 e. The molecule has 0 radical (unpaired) electrons. The summed E-state index contributed by atoms with van der Waals surface area (Å²) < 4.78 is 2.30. The molecule has 106 valence electrons. The number of benzene rings is 1. The zero-order valence-corrected chi connectivity index (χ0v) is 12.3. The van der Waals surface area contributed by atoms with Gasteiger partial charge in [-0.05, 0) is 18.1 Å².